The molecule has 0 unspecified atom stereocenters. The van der Waals surface area contributed by atoms with Crippen LogP contribution < -0.4 is 10.6 Å². The normalized spacial score (nSPS) is 13.8. The number of rotatable bonds is 7. The van der Waals surface area contributed by atoms with Gasteiger partial charge in [-0.25, -0.2) is 9.67 Å². The number of carbonyl (C=O) groups excluding carboxylic acids is 2. The fourth-order valence-corrected chi connectivity index (χ4v) is 3.11. The summed E-state index contributed by atoms with van der Waals surface area (Å²) in [6.45, 7) is 4.23. The molecule has 2 N–H and O–H groups in total. The maximum absolute atomic E-state index is 12.8. The SMILES string of the molecule is CC(C)n1ncc2c(C(=O)NCC(=O)NCc3ccco3)cc(C3CC3)nc21. The van der Waals surface area contributed by atoms with Crippen molar-refractivity contribution in [3.63, 3.8) is 0 Å². The van der Waals surface area contributed by atoms with Crippen molar-refractivity contribution in [2.24, 2.45) is 0 Å². The van der Waals surface area contributed by atoms with Crippen LogP contribution in [0, 0.1) is 0 Å². The Morgan fingerprint density at radius 3 is 2.82 bits per heavy atom. The molecule has 1 fully saturated rings. The molecule has 3 aromatic rings. The predicted molar refractivity (Wildman–Crippen MR) is 103 cm³/mol. The first-order valence-corrected chi connectivity index (χ1v) is 9.48. The summed E-state index contributed by atoms with van der Waals surface area (Å²) in [4.78, 5) is 29.6. The lowest BCUT2D eigenvalue weighted by atomic mass is 10.1. The van der Waals surface area contributed by atoms with E-state index in [1.54, 1.807) is 24.6 Å². The van der Waals surface area contributed by atoms with E-state index in [1.807, 2.05) is 24.6 Å². The molecule has 0 spiro atoms. The number of furan rings is 1. The van der Waals surface area contributed by atoms with Gasteiger partial charge < -0.3 is 15.1 Å². The lowest BCUT2D eigenvalue weighted by Gasteiger charge is -2.10. The van der Waals surface area contributed by atoms with Crippen molar-refractivity contribution in [3.05, 3.63) is 47.7 Å². The van der Waals surface area contributed by atoms with Gasteiger partial charge in [0.15, 0.2) is 5.65 Å². The van der Waals surface area contributed by atoms with Crippen LogP contribution in [0.3, 0.4) is 0 Å². The zero-order valence-corrected chi connectivity index (χ0v) is 15.9. The lowest BCUT2D eigenvalue weighted by molar-refractivity contribution is -0.120. The smallest absolute Gasteiger partial charge is 0.252 e. The monoisotopic (exact) mass is 381 g/mol. The molecule has 1 aliphatic carbocycles. The number of nitrogens with one attached hydrogen (secondary N) is 2. The largest absolute Gasteiger partial charge is 0.467 e. The molecule has 28 heavy (non-hydrogen) atoms. The zero-order chi connectivity index (χ0) is 19.7. The molecule has 0 atom stereocenters. The van der Waals surface area contributed by atoms with E-state index in [4.69, 9.17) is 9.40 Å². The van der Waals surface area contributed by atoms with Gasteiger partial charge in [0.05, 0.1) is 36.5 Å². The summed E-state index contributed by atoms with van der Waals surface area (Å²) in [6, 6.07) is 5.51. The van der Waals surface area contributed by atoms with Crippen LogP contribution in [-0.2, 0) is 11.3 Å². The van der Waals surface area contributed by atoms with Gasteiger partial charge in [-0.15, -0.1) is 0 Å². The summed E-state index contributed by atoms with van der Waals surface area (Å²) in [5, 5.41) is 10.5. The summed E-state index contributed by atoms with van der Waals surface area (Å²) >= 11 is 0. The molecule has 0 aliphatic heterocycles. The van der Waals surface area contributed by atoms with Crippen LogP contribution in [0.25, 0.3) is 11.0 Å². The van der Waals surface area contributed by atoms with Gasteiger partial charge in [0.2, 0.25) is 5.91 Å². The molecule has 4 rings (SSSR count). The number of nitrogens with zero attached hydrogens (tertiary/aromatic N) is 3. The highest BCUT2D eigenvalue weighted by Crippen LogP contribution is 2.40. The molecule has 8 nitrogen and oxygen atoms in total. The first-order chi connectivity index (χ1) is 13.5. The Kier molecular flexibility index (Phi) is 4.85. The van der Waals surface area contributed by atoms with E-state index in [9.17, 15) is 9.59 Å². The average molecular weight is 381 g/mol. The van der Waals surface area contributed by atoms with Crippen LogP contribution in [0.1, 0.15) is 60.5 Å². The van der Waals surface area contributed by atoms with E-state index in [-0.39, 0.29) is 30.9 Å². The molecule has 1 saturated carbocycles. The minimum Gasteiger partial charge on any atom is -0.467 e. The molecular weight excluding hydrogens is 358 g/mol. The van der Waals surface area contributed by atoms with E-state index in [2.05, 4.69) is 15.7 Å². The summed E-state index contributed by atoms with van der Waals surface area (Å²) in [5.41, 5.74) is 2.15. The number of aromatic nitrogens is 3. The molecule has 146 valence electrons. The van der Waals surface area contributed by atoms with Crippen molar-refractivity contribution < 1.29 is 14.0 Å². The summed E-state index contributed by atoms with van der Waals surface area (Å²) in [6.07, 6.45) is 5.40. The predicted octanol–water partition coefficient (Wildman–Crippen LogP) is 2.53. The second-order valence-electron chi connectivity index (χ2n) is 7.33. The maximum atomic E-state index is 12.8. The molecule has 2 amide bonds. The van der Waals surface area contributed by atoms with E-state index in [0.29, 0.717) is 28.3 Å². The molecule has 8 heteroatoms. The van der Waals surface area contributed by atoms with Crippen molar-refractivity contribution in [2.45, 2.75) is 45.2 Å². The van der Waals surface area contributed by atoms with E-state index in [1.165, 1.54) is 0 Å². The Morgan fingerprint density at radius 1 is 1.32 bits per heavy atom. The van der Waals surface area contributed by atoms with E-state index in [0.717, 1.165) is 18.5 Å². The number of hydrogen-bond acceptors (Lipinski definition) is 5. The second kappa shape index (κ2) is 7.46. The van der Waals surface area contributed by atoms with Gasteiger partial charge in [-0.2, -0.15) is 5.10 Å². The Labute approximate surface area is 162 Å². The van der Waals surface area contributed by atoms with E-state index < -0.39 is 0 Å². The summed E-state index contributed by atoms with van der Waals surface area (Å²) in [5.74, 6) is 0.481. The topological polar surface area (TPSA) is 102 Å². The van der Waals surface area contributed by atoms with Crippen molar-refractivity contribution in [1.82, 2.24) is 25.4 Å². The highest BCUT2D eigenvalue weighted by atomic mass is 16.3. The first kappa shape index (κ1) is 18.2. The third-order valence-corrected chi connectivity index (χ3v) is 4.77. The zero-order valence-electron chi connectivity index (χ0n) is 15.9. The molecule has 0 saturated heterocycles. The number of carbonyl (C=O) groups is 2. The van der Waals surface area contributed by atoms with Crippen LogP contribution in [0.15, 0.2) is 35.1 Å². The Balaban J connectivity index is 1.49. The Morgan fingerprint density at radius 2 is 2.14 bits per heavy atom. The Hall–Kier alpha value is -3.16. The number of pyridine rings is 1. The standard InChI is InChI=1S/C20H23N5O3/c1-12(2)25-19-16(10-23-25)15(8-17(24-19)13-5-6-13)20(27)22-11-18(26)21-9-14-4-3-7-28-14/h3-4,7-8,10,12-13H,5-6,9,11H2,1-2H3,(H,21,26)(H,22,27). The van der Waals surface area contributed by atoms with Crippen molar-refractivity contribution >= 4 is 22.8 Å². The second-order valence-corrected chi connectivity index (χ2v) is 7.33. The fraction of sp³-hybridized carbons (Fsp3) is 0.400. The third kappa shape index (κ3) is 3.76. The molecule has 1 aliphatic rings. The number of amides is 2. The van der Waals surface area contributed by atoms with Crippen LogP contribution in [0.2, 0.25) is 0 Å². The van der Waals surface area contributed by atoms with Crippen LogP contribution in [0.5, 0.6) is 0 Å². The van der Waals surface area contributed by atoms with E-state index >= 15 is 0 Å². The van der Waals surface area contributed by atoms with Crippen molar-refractivity contribution in [3.8, 4) is 0 Å². The molecule has 0 radical (unpaired) electrons. The maximum Gasteiger partial charge on any atom is 0.252 e. The van der Waals surface area contributed by atoms with Gasteiger partial charge >= 0.3 is 0 Å². The van der Waals surface area contributed by atoms with Crippen LogP contribution >= 0.6 is 0 Å². The quantitative estimate of drug-likeness (QED) is 0.655. The van der Waals surface area contributed by atoms with Gasteiger partial charge in [-0.1, -0.05) is 0 Å². The van der Waals surface area contributed by atoms with Gasteiger partial charge in [0.1, 0.15) is 5.76 Å². The van der Waals surface area contributed by atoms with Crippen LogP contribution in [-0.4, -0.2) is 33.1 Å². The minimum atomic E-state index is -0.300. The molecule has 0 aromatic carbocycles. The first-order valence-electron chi connectivity index (χ1n) is 9.48. The van der Waals surface area contributed by atoms with Gasteiger partial charge in [0, 0.05) is 17.7 Å². The summed E-state index contributed by atoms with van der Waals surface area (Å²) in [7, 11) is 0. The van der Waals surface area contributed by atoms with Crippen molar-refractivity contribution in [2.75, 3.05) is 6.54 Å². The lowest BCUT2D eigenvalue weighted by Crippen LogP contribution is -2.36. The average Bonchev–Trinajstić information content (AvgIpc) is 3.23. The van der Waals surface area contributed by atoms with Gasteiger partial charge in [-0.05, 0) is 44.9 Å². The molecule has 3 heterocycles. The highest BCUT2D eigenvalue weighted by Gasteiger charge is 2.28. The minimum absolute atomic E-state index is 0.111. The number of hydrogen-bond donors (Lipinski definition) is 2. The van der Waals surface area contributed by atoms with Crippen LogP contribution in [0.4, 0.5) is 0 Å². The number of fused-ring (bicyclic) bond motifs is 1. The van der Waals surface area contributed by atoms with Gasteiger partial charge in [-0.3, -0.25) is 9.59 Å². The fourth-order valence-electron chi connectivity index (χ4n) is 3.11. The van der Waals surface area contributed by atoms with Crippen molar-refractivity contribution in [1.29, 1.82) is 0 Å². The van der Waals surface area contributed by atoms with Gasteiger partial charge in [0.25, 0.3) is 5.91 Å². The molecular formula is C20H23N5O3. The molecule has 3 aromatic heterocycles. The third-order valence-electron chi connectivity index (χ3n) is 4.77. The Bertz CT molecular complexity index is 1000. The highest BCUT2D eigenvalue weighted by molar-refractivity contribution is 6.06. The summed E-state index contributed by atoms with van der Waals surface area (Å²) < 4.78 is 7.00. The molecule has 0 bridgehead atoms.